The lowest BCUT2D eigenvalue weighted by Crippen LogP contribution is -2.18. The summed E-state index contributed by atoms with van der Waals surface area (Å²) >= 11 is 0. The second-order valence-corrected chi connectivity index (χ2v) is 4.43. The van der Waals surface area contributed by atoms with Crippen LogP contribution in [-0.2, 0) is 0 Å². The Morgan fingerprint density at radius 1 is 1.22 bits per heavy atom. The third-order valence-electron chi connectivity index (χ3n) is 3.09. The van der Waals surface area contributed by atoms with E-state index in [0.29, 0.717) is 6.54 Å². The normalized spacial score (nSPS) is 16.2. The van der Waals surface area contributed by atoms with E-state index >= 15 is 0 Å². The first-order valence-corrected chi connectivity index (χ1v) is 6.39. The topological polar surface area (TPSA) is 29.3 Å². The largest absolute Gasteiger partial charge is 0.369 e. The Kier molecular flexibility index (Phi) is 4.53. The molecule has 0 radical (unpaired) electrons. The number of hydrogen-bond donors (Lipinski definition) is 1. The molecule has 1 aromatic carbocycles. The smallest absolute Gasteiger partial charge is 0.147 e. The fourth-order valence-electron chi connectivity index (χ4n) is 2.17. The molecule has 2 rings (SSSR count). The Morgan fingerprint density at radius 2 is 2.00 bits per heavy atom. The van der Waals surface area contributed by atoms with Gasteiger partial charge in [0.25, 0.3) is 0 Å². The predicted octanol–water partition coefficient (Wildman–Crippen LogP) is 2.95. The van der Waals surface area contributed by atoms with Gasteiger partial charge in [-0.3, -0.25) is 0 Å². The van der Waals surface area contributed by atoms with Gasteiger partial charge in [0.15, 0.2) is 0 Å². The molecule has 3 heteroatoms. The third kappa shape index (κ3) is 3.20. The molecule has 1 heterocycles. The van der Waals surface area contributed by atoms with Gasteiger partial charge in [-0.15, -0.1) is 0 Å². The average Bonchev–Trinajstić information content (AvgIpc) is 2.88. The maximum atomic E-state index is 14.0. The van der Waals surface area contributed by atoms with Crippen molar-refractivity contribution in [2.24, 2.45) is 5.73 Å². The second kappa shape index (κ2) is 6.36. The van der Waals surface area contributed by atoms with Crippen molar-refractivity contribution in [1.82, 2.24) is 0 Å². The van der Waals surface area contributed by atoms with Crippen LogP contribution in [0.2, 0.25) is 0 Å². The maximum absolute atomic E-state index is 14.0. The van der Waals surface area contributed by atoms with E-state index in [1.165, 1.54) is 0 Å². The van der Waals surface area contributed by atoms with Gasteiger partial charge < -0.3 is 10.6 Å². The van der Waals surface area contributed by atoms with Crippen LogP contribution < -0.4 is 10.6 Å². The molecule has 0 bridgehead atoms. The molecule has 0 aromatic heterocycles. The zero-order valence-corrected chi connectivity index (χ0v) is 10.5. The van der Waals surface area contributed by atoms with Crippen LogP contribution in [0.4, 0.5) is 10.1 Å². The lowest BCUT2D eigenvalue weighted by Gasteiger charge is -2.18. The van der Waals surface area contributed by atoms with Crippen molar-refractivity contribution in [1.29, 1.82) is 0 Å². The molecule has 18 heavy (non-hydrogen) atoms. The summed E-state index contributed by atoms with van der Waals surface area (Å²) in [7, 11) is 0. The first-order valence-electron chi connectivity index (χ1n) is 6.39. The lowest BCUT2D eigenvalue weighted by atomic mass is 10.1. The van der Waals surface area contributed by atoms with E-state index in [2.05, 4.69) is 4.90 Å². The summed E-state index contributed by atoms with van der Waals surface area (Å²) in [6.07, 6.45) is 9.79. The van der Waals surface area contributed by atoms with Crippen LogP contribution in [-0.4, -0.2) is 19.6 Å². The van der Waals surface area contributed by atoms with Crippen LogP contribution in [0, 0.1) is 5.82 Å². The number of anilines is 1. The van der Waals surface area contributed by atoms with E-state index in [4.69, 9.17) is 5.73 Å². The highest BCUT2D eigenvalue weighted by atomic mass is 19.1. The monoisotopic (exact) mass is 246 g/mol. The van der Waals surface area contributed by atoms with Crippen LogP contribution in [0.5, 0.6) is 0 Å². The molecule has 0 saturated carbocycles. The van der Waals surface area contributed by atoms with E-state index in [1.54, 1.807) is 6.07 Å². The first-order chi connectivity index (χ1) is 8.81. The quantitative estimate of drug-likeness (QED) is 0.828. The Hall–Kier alpha value is -1.61. The highest BCUT2D eigenvalue weighted by Crippen LogP contribution is 2.24. The molecular formula is C15H19FN2. The van der Waals surface area contributed by atoms with E-state index in [-0.39, 0.29) is 5.82 Å². The molecule has 0 spiro atoms. The van der Waals surface area contributed by atoms with Crippen molar-refractivity contribution >= 4 is 11.8 Å². The Morgan fingerprint density at radius 3 is 2.67 bits per heavy atom. The van der Waals surface area contributed by atoms with Crippen molar-refractivity contribution in [2.45, 2.75) is 12.8 Å². The summed E-state index contributed by atoms with van der Waals surface area (Å²) in [5.74, 6) is -0.137. The number of rotatable bonds is 4. The number of halogens is 1. The summed E-state index contributed by atoms with van der Waals surface area (Å²) in [5, 5.41) is 0. The molecule has 1 aliphatic rings. The number of hydrogen-bond acceptors (Lipinski definition) is 2. The second-order valence-electron chi connectivity index (χ2n) is 4.43. The zero-order valence-electron chi connectivity index (χ0n) is 10.5. The number of benzene rings is 1. The molecule has 2 nitrogen and oxygen atoms in total. The molecule has 1 saturated heterocycles. The Balaban J connectivity index is 2.09. The van der Waals surface area contributed by atoms with Gasteiger partial charge in [-0.25, -0.2) is 4.39 Å². The van der Waals surface area contributed by atoms with Crippen LogP contribution in [0.3, 0.4) is 0 Å². The molecule has 0 atom stereocenters. The highest BCUT2D eigenvalue weighted by molar-refractivity contribution is 5.58. The first kappa shape index (κ1) is 12.8. The van der Waals surface area contributed by atoms with Gasteiger partial charge in [0.05, 0.1) is 5.69 Å². The zero-order chi connectivity index (χ0) is 12.8. The summed E-state index contributed by atoms with van der Waals surface area (Å²) in [6.45, 7) is 2.45. The van der Waals surface area contributed by atoms with Crippen molar-refractivity contribution in [3.05, 3.63) is 47.8 Å². The van der Waals surface area contributed by atoms with Crippen molar-refractivity contribution < 1.29 is 4.39 Å². The molecule has 96 valence electrons. The van der Waals surface area contributed by atoms with E-state index in [0.717, 1.165) is 37.2 Å². The minimum atomic E-state index is -0.137. The molecule has 1 fully saturated rings. The predicted molar refractivity (Wildman–Crippen MR) is 75.1 cm³/mol. The van der Waals surface area contributed by atoms with Crippen LogP contribution >= 0.6 is 0 Å². The fourth-order valence-corrected chi connectivity index (χ4v) is 2.17. The van der Waals surface area contributed by atoms with Crippen LogP contribution in [0.1, 0.15) is 18.4 Å². The van der Waals surface area contributed by atoms with Crippen molar-refractivity contribution in [3.8, 4) is 0 Å². The summed E-state index contributed by atoms with van der Waals surface area (Å²) in [5.41, 5.74) is 6.93. The molecule has 1 aromatic rings. The van der Waals surface area contributed by atoms with Crippen molar-refractivity contribution in [3.63, 3.8) is 0 Å². The lowest BCUT2D eigenvalue weighted by molar-refractivity contribution is 0.623. The molecule has 0 aliphatic carbocycles. The average molecular weight is 246 g/mol. The molecule has 1 aliphatic heterocycles. The van der Waals surface area contributed by atoms with Crippen molar-refractivity contribution in [2.75, 3.05) is 24.5 Å². The fraction of sp³-hybridized carbons (Fsp3) is 0.333. The van der Waals surface area contributed by atoms with E-state index in [1.807, 2.05) is 36.4 Å². The van der Waals surface area contributed by atoms with Crippen LogP contribution in [0.15, 0.2) is 36.4 Å². The molecule has 0 amide bonds. The van der Waals surface area contributed by atoms with Gasteiger partial charge in [-0.05, 0) is 30.5 Å². The van der Waals surface area contributed by atoms with Gasteiger partial charge in [0, 0.05) is 19.6 Å². The minimum Gasteiger partial charge on any atom is -0.369 e. The number of allylic oxidation sites excluding steroid dienone is 2. The van der Waals surface area contributed by atoms with Crippen LogP contribution in [0.25, 0.3) is 6.08 Å². The minimum absolute atomic E-state index is 0.137. The van der Waals surface area contributed by atoms with Gasteiger partial charge >= 0.3 is 0 Å². The summed E-state index contributed by atoms with van der Waals surface area (Å²) in [6, 6.07) is 5.40. The van der Waals surface area contributed by atoms with Gasteiger partial charge in [-0.1, -0.05) is 30.4 Å². The maximum Gasteiger partial charge on any atom is 0.147 e. The summed E-state index contributed by atoms with van der Waals surface area (Å²) in [4.78, 5) is 2.11. The van der Waals surface area contributed by atoms with Gasteiger partial charge in [0.2, 0.25) is 0 Å². The van der Waals surface area contributed by atoms with E-state index in [9.17, 15) is 4.39 Å². The molecule has 0 unspecified atom stereocenters. The van der Waals surface area contributed by atoms with Gasteiger partial charge in [0.1, 0.15) is 5.82 Å². The third-order valence-corrected chi connectivity index (χ3v) is 3.09. The standard InChI is InChI=1S/C15H19FN2/c16-14-12-13(6-2-1-3-9-17)7-8-15(14)18-10-4-5-11-18/h1-3,6-8,12H,4-5,9-11,17H2/b3-1-,6-2+. The Bertz CT molecular complexity index is 446. The Labute approximate surface area is 108 Å². The molecular weight excluding hydrogens is 227 g/mol. The summed E-state index contributed by atoms with van der Waals surface area (Å²) < 4.78 is 14.0. The number of nitrogens with two attached hydrogens (primary N) is 1. The molecule has 2 N–H and O–H groups in total. The van der Waals surface area contributed by atoms with Gasteiger partial charge in [-0.2, -0.15) is 0 Å². The van der Waals surface area contributed by atoms with E-state index < -0.39 is 0 Å². The number of nitrogens with zero attached hydrogens (tertiary/aromatic N) is 1. The SMILES string of the molecule is NC/C=C\C=C\c1ccc(N2CCCC2)c(F)c1. The highest BCUT2D eigenvalue weighted by Gasteiger charge is 2.15.